The molecule has 0 saturated heterocycles. The zero-order valence-corrected chi connectivity index (χ0v) is 9.15. The van der Waals surface area contributed by atoms with Crippen LogP contribution in [-0.2, 0) is 12.8 Å². The number of nitrogens with zero attached hydrogens (tertiary/aromatic N) is 1. The molecule has 1 heteroatoms. The summed E-state index contributed by atoms with van der Waals surface area (Å²) in [6, 6.07) is 2.30. The maximum absolute atomic E-state index is 4.55. The van der Waals surface area contributed by atoms with Crippen LogP contribution in [0.3, 0.4) is 0 Å². The molecule has 0 aliphatic heterocycles. The lowest BCUT2D eigenvalue weighted by molar-refractivity contribution is 0.896. The molecule has 0 atom stereocenters. The Balaban J connectivity index is 0.000000531. The van der Waals surface area contributed by atoms with Gasteiger partial charge in [-0.2, -0.15) is 0 Å². The van der Waals surface area contributed by atoms with Crippen molar-refractivity contribution in [2.45, 2.75) is 54.4 Å². The van der Waals surface area contributed by atoms with Crippen molar-refractivity contribution in [1.82, 2.24) is 4.98 Å². The molecule has 14 heavy (non-hydrogen) atoms. The smallest absolute Gasteiger partial charge is 0.0439 e. The Labute approximate surface area is 88.6 Å². The van der Waals surface area contributed by atoms with E-state index in [9.17, 15) is 0 Å². The molecular formula is C13H23N. The summed E-state index contributed by atoms with van der Waals surface area (Å²) in [7, 11) is 0. The molecule has 0 aromatic carbocycles. The van der Waals surface area contributed by atoms with E-state index in [1.54, 1.807) is 0 Å². The average Bonchev–Trinajstić information content (AvgIpc) is 2.56. The van der Waals surface area contributed by atoms with E-state index in [2.05, 4.69) is 24.9 Å². The van der Waals surface area contributed by atoms with Gasteiger partial charge in [-0.25, -0.2) is 0 Å². The minimum Gasteiger partial charge on any atom is -0.258 e. The standard InChI is InChI=1S/C10H13N.C2H6.CH4/c1-7-6-9-4-3-5-10(9)11-8(7)2;1-2;/h6H,3-5H2,1-2H3;1-2H3;1H4. The summed E-state index contributed by atoms with van der Waals surface area (Å²) in [6.07, 6.45) is 3.73. The number of fused-ring (bicyclic) bond motifs is 1. The number of aromatic nitrogens is 1. The summed E-state index contributed by atoms with van der Waals surface area (Å²) in [6.45, 7) is 8.23. The first-order chi connectivity index (χ1) is 6.27. The van der Waals surface area contributed by atoms with Crippen LogP contribution in [0.25, 0.3) is 0 Å². The monoisotopic (exact) mass is 193 g/mol. The maximum atomic E-state index is 4.55. The Morgan fingerprint density at radius 3 is 2.43 bits per heavy atom. The second kappa shape index (κ2) is 5.79. The van der Waals surface area contributed by atoms with Crippen LogP contribution in [0.5, 0.6) is 0 Å². The van der Waals surface area contributed by atoms with Gasteiger partial charge in [0.15, 0.2) is 0 Å². The maximum Gasteiger partial charge on any atom is 0.0439 e. The molecule has 1 aromatic rings. The number of hydrogen-bond acceptors (Lipinski definition) is 1. The van der Waals surface area contributed by atoms with E-state index in [1.807, 2.05) is 13.8 Å². The van der Waals surface area contributed by atoms with Gasteiger partial charge in [0.05, 0.1) is 0 Å². The zero-order chi connectivity index (χ0) is 9.84. The van der Waals surface area contributed by atoms with Crippen LogP contribution < -0.4 is 0 Å². The van der Waals surface area contributed by atoms with E-state index < -0.39 is 0 Å². The summed E-state index contributed by atoms with van der Waals surface area (Å²) < 4.78 is 0. The topological polar surface area (TPSA) is 12.9 Å². The third kappa shape index (κ3) is 2.57. The van der Waals surface area contributed by atoms with E-state index in [1.165, 1.54) is 41.8 Å². The predicted octanol–water partition coefficient (Wildman–Crippen LogP) is 3.85. The molecule has 0 bridgehead atoms. The molecule has 1 aromatic heterocycles. The Bertz CT molecular complexity index is 261. The van der Waals surface area contributed by atoms with E-state index in [0.29, 0.717) is 0 Å². The van der Waals surface area contributed by atoms with Crippen LogP contribution in [0.1, 0.15) is 50.2 Å². The second-order valence-electron chi connectivity index (χ2n) is 3.35. The van der Waals surface area contributed by atoms with Crippen LogP contribution in [0.4, 0.5) is 0 Å². The molecule has 0 N–H and O–H groups in total. The van der Waals surface area contributed by atoms with Crippen LogP contribution in [0, 0.1) is 13.8 Å². The van der Waals surface area contributed by atoms with Gasteiger partial charge < -0.3 is 0 Å². The fraction of sp³-hybridized carbons (Fsp3) is 0.615. The Hall–Kier alpha value is -0.850. The van der Waals surface area contributed by atoms with Crippen LogP contribution in [0.15, 0.2) is 6.07 Å². The molecule has 1 aliphatic rings. The molecule has 2 rings (SSSR count). The number of rotatable bonds is 0. The van der Waals surface area contributed by atoms with Gasteiger partial charge in [-0.05, 0) is 44.2 Å². The highest BCUT2D eigenvalue weighted by Crippen LogP contribution is 2.21. The van der Waals surface area contributed by atoms with Crippen molar-refractivity contribution in [3.05, 3.63) is 28.6 Å². The molecule has 0 spiro atoms. The molecule has 1 heterocycles. The first kappa shape index (κ1) is 13.2. The van der Waals surface area contributed by atoms with E-state index in [4.69, 9.17) is 0 Å². The van der Waals surface area contributed by atoms with Gasteiger partial charge >= 0.3 is 0 Å². The summed E-state index contributed by atoms with van der Waals surface area (Å²) >= 11 is 0. The van der Waals surface area contributed by atoms with Crippen molar-refractivity contribution < 1.29 is 0 Å². The largest absolute Gasteiger partial charge is 0.258 e. The van der Waals surface area contributed by atoms with Crippen molar-refractivity contribution in [2.75, 3.05) is 0 Å². The normalized spacial score (nSPS) is 12.3. The van der Waals surface area contributed by atoms with Gasteiger partial charge in [0.25, 0.3) is 0 Å². The molecule has 0 fully saturated rings. The Morgan fingerprint density at radius 1 is 1.14 bits per heavy atom. The third-order valence-electron chi connectivity index (χ3n) is 2.49. The molecule has 0 unspecified atom stereocenters. The summed E-state index contributed by atoms with van der Waals surface area (Å²) in [4.78, 5) is 4.55. The minimum atomic E-state index is 0. The minimum absolute atomic E-state index is 0. The SMILES string of the molecule is C.CC.Cc1cc2c(nc1C)CCC2. The Morgan fingerprint density at radius 2 is 1.79 bits per heavy atom. The number of aryl methyl sites for hydroxylation is 4. The molecule has 0 saturated carbocycles. The van der Waals surface area contributed by atoms with Crippen molar-refractivity contribution in [3.8, 4) is 0 Å². The highest BCUT2D eigenvalue weighted by Gasteiger charge is 2.12. The molecule has 1 nitrogen and oxygen atoms in total. The number of hydrogen-bond donors (Lipinski definition) is 0. The van der Waals surface area contributed by atoms with Crippen molar-refractivity contribution >= 4 is 0 Å². The van der Waals surface area contributed by atoms with Gasteiger partial charge in [0.2, 0.25) is 0 Å². The molecule has 1 aliphatic carbocycles. The molecule has 0 amide bonds. The van der Waals surface area contributed by atoms with Crippen molar-refractivity contribution in [3.63, 3.8) is 0 Å². The van der Waals surface area contributed by atoms with Crippen molar-refractivity contribution in [2.24, 2.45) is 0 Å². The summed E-state index contributed by atoms with van der Waals surface area (Å²) in [5.74, 6) is 0. The highest BCUT2D eigenvalue weighted by atomic mass is 14.7. The van der Waals surface area contributed by atoms with Gasteiger partial charge in [-0.15, -0.1) is 0 Å². The van der Waals surface area contributed by atoms with Crippen LogP contribution in [-0.4, -0.2) is 4.98 Å². The average molecular weight is 193 g/mol. The van der Waals surface area contributed by atoms with Gasteiger partial charge in [0.1, 0.15) is 0 Å². The van der Waals surface area contributed by atoms with E-state index in [0.717, 1.165) is 0 Å². The van der Waals surface area contributed by atoms with Crippen molar-refractivity contribution in [1.29, 1.82) is 0 Å². The fourth-order valence-corrected chi connectivity index (χ4v) is 1.69. The quantitative estimate of drug-likeness (QED) is 0.610. The summed E-state index contributed by atoms with van der Waals surface area (Å²) in [5, 5.41) is 0. The molecule has 0 radical (unpaired) electrons. The Kier molecular flexibility index (Phi) is 5.44. The third-order valence-corrected chi connectivity index (χ3v) is 2.49. The lowest BCUT2D eigenvalue weighted by Gasteiger charge is -2.02. The van der Waals surface area contributed by atoms with Gasteiger partial charge in [-0.3, -0.25) is 4.98 Å². The first-order valence-corrected chi connectivity index (χ1v) is 5.23. The van der Waals surface area contributed by atoms with Gasteiger partial charge in [0, 0.05) is 11.4 Å². The first-order valence-electron chi connectivity index (χ1n) is 5.23. The lowest BCUT2D eigenvalue weighted by atomic mass is 10.1. The summed E-state index contributed by atoms with van der Waals surface area (Å²) in [5.41, 5.74) is 5.36. The second-order valence-corrected chi connectivity index (χ2v) is 3.35. The predicted molar refractivity (Wildman–Crippen MR) is 63.8 cm³/mol. The number of pyridine rings is 1. The van der Waals surface area contributed by atoms with E-state index >= 15 is 0 Å². The highest BCUT2D eigenvalue weighted by molar-refractivity contribution is 5.32. The van der Waals surface area contributed by atoms with Crippen LogP contribution in [0.2, 0.25) is 0 Å². The lowest BCUT2D eigenvalue weighted by Crippen LogP contribution is -1.93. The molecular weight excluding hydrogens is 170 g/mol. The molecule has 80 valence electrons. The zero-order valence-electron chi connectivity index (χ0n) is 9.15. The fourth-order valence-electron chi connectivity index (χ4n) is 1.69. The van der Waals surface area contributed by atoms with Crippen LogP contribution >= 0.6 is 0 Å². The van der Waals surface area contributed by atoms with Gasteiger partial charge in [-0.1, -0.05) is 27.3 Å². The van der Waals surface area contributed by atoms with E-state index in [-0.39, 0.29) is 7.43 Å².